The molecule has 1 aromatic heterocycles. The molecular weight excluding hydrogens is 560 g/mol. The molecule has 7 nitrogen and oxygen atoms in total. The van der Waals surface area contributed by atoms with Gasteiger partial charge in [-0.3, -0.25) is 9.47 Å². The van der Waals surface area contributed by atoms with Crippen molar-refractivity contribution in [3.8, 4) is 0 Å². The fourth-order valence-corrected chi connectivity index (χ4v) is 6.80. The van der Waals surface area contributed by atoms with Crippen LogP contribution in [0.2, 0.25) is 0 Å². The SMILES string of the molecule is CC(COC(=O)N1CCC(n2c(=O)[nH]c3ccccc32)CC1)N(Cc1ccccc1)Cc1cc2ccccc2c2ccccc12. The Morgan fingerprint density at radius 1 is 0.844 bits per heavy atom. The number of aromatic nitrogens is 2. The molecule has 2 heterocycles. The first kappa shape index (κ1) is 28.9. The molecule has 0 spiro atoms. The van der Waals surface area contributed by atoms with Crippen LogP contribution in [0.25, 0.3) is 32.6 Å². The van der Waals surface area contributed by atoms with Gasteiger partial charge in [-0.25, -0.2) is 9.59 Å². The Labute approximate surface area is 262 Å². The topological polar surface area (TPSA) is 70.6 Å². The summed E-state index contributed by atoms with van der Waals surface area (Å²) in [6, 6.07) is 37.7. The Bertz CT molecular complexity index is 2010. The lowest BCUT2D eigenvalue weighted by Crippen LogP contribution is -2.42. The Morgan fingerprint density at radius 2 is 1.51 bits per heavy atom. The van der Waals surface area contributed by atoms with Crippen LogP contribution >= 0.6 is 0 Å². The molecule has 6 aromatic rings. The third-order valence-electron chi connectivity index (χ3n) is 9.24. The van der Waals surface area contributed by atoms with E-state index in [0.29, 0.717) is 32.5 Å². The van der Waals surface area contributed by atoms with Crippen LogP contribution in [0.5, 0.6) is 0 Å². The van der Waals surface area contributed by atoms with Crippen LogP contribution in [-0.4, -0.2) is 51.2 Å². The van der Waals surface area contributed by atoms with E-state index in [-0.39, 0.29) is 23.9 Å². The number of fused-ring (bicyclic) bond motifs is 4. The molecule has 1 saturated heterocycles. The molecule has 0 saturated carbocycles. The van der Waals surface area contributed by atoms with Gasteiger partial charge < -0.3 is 14.6 Å². The molecule has 228 valence electrons. The van der Waals surface area contributed by atoms with E-state index in [1.165, 1.54) is 32.7 Å². The number of hydrogen-bond donors (Lipinski definition) is 1. The third-order valence-corrected chi connectivity index (χ3v) is 9.24. The lowest BCUT2D eigenvalue weighted by Gasteiger charge is -2.33. The molecule has 1 N–H and O–H groups in total. The number of para-hydroxylation sites is 2. The highest BCUT2D eigenvalue weighted by Gasteiger charge is 2.28. The third kappa shape index (κ3) is 5.96. The number of H-pyrrole nitrogens is 1. The summed E-state index contributed by atoms with van der Waals surface area (Å²) in [6.45, 7) is 5.00. The van der Waals surface area contributed by atoms with E-state index >= 15 is 0 Å². The van der Waals surface area contributed by atoms with Gasteiger partial charge in [-0.2, -0.15) is 0 Å². The fraction of sp³-hybridized carbons (Fsp3) is 0.263. The van der Waals surface area contributed by atoms with Crippen LogP contribution in [-0.2, 0) is 17.8 Å². The molecule has 1 unspecified atom stereocenters. The lowest BCUT2D eigenvalue weighted by atomic mass is 9.96. The van der Waals surface area contributed by atoms with Crippen LogP contribution in [0.1, 0.15) is 36.9 Å². The second kappa shape index (κ2) is 12.6. The number of hydrogen-bond acceptors (Lipinski definition) is 4. The number of nitrogens with one attached hydrogen (secondary N) is 1. The van der Waals surface area contributed by atoms with Crippen molar-refractivity contribution in [2.45, 2.75) is 44.9 Å². The summed E-state index contributed by atoms with van der Waals surface area (Å²) < 4.78 is 7.79. The number of piperidine rings is 1. The van der Waals surface area contributed by atoms with Crippen molar-refractivity contribution >= 4 is 38.7 Å². The zero-order valence-corrected chi connectivity index (χ0v) is 25.6. The van der Waals surface area contributed by atoms with E-state index in [1.54, 1.807) is 4.90 Å². The normalized spacial score (nSPS) is 14.8. The van der Waals surface area contributed by atoms with Gasteiger partial charge in [0.15, 0.2) is 0 Å². The van der Waals surface area contributed by atoms with Crippen LogP contribution in [0.15, 0.2) is 114 Å². The lowest BCUT2D eigenvalue weighted by molar-refractivity contribution is 0.0568. The van der Waals surface area contributed by atoms with E-state index in [0.717, 1.165) is 24.1 Å². The van der Waals surface area contributed by atoms with Crippen molar-refractivity contribution in [1.29, 1.82) is 0 Å². The van der Waals surface area contributed by atoms with Gasteiger partial charge in [-0.1, -0.05) is 91.0 Å². The van der Waals surface area contributed by atoms with E-state index in [9.17, 15) is 9.59 Å². The molecule has 0 aliphatic carbocycles. The largest absolute Gasteiger partial charge is 0.448 e. The maximum atomic E-state index is 13.2. The Kier molecular flexibility index (Phi) is 8.09. The second-order valence-electron chi connectivity index (χ2n) is 12.2. The second-order valence-corrected chi connectivity index (χ2v) is 12.2. The van der Waals surface area contributed by atoms with E-state index in [1.807, 2.05) is 34.9 Å². The van der Waals surface area contributed by atoms with Gasteiger partial charge in [0.25, 0.3) is 0 Å². The average Bonchev–Trinajstić information content (AvgIpc) is 3.43. The summed E-state index contributed by atoms with van der Waals surface area (Å²) in [5.41, 5.74) is 4.14. The molecule has 1 aliphatic rings. The summed E-state index contributed by atoms with van der Waals surface area (Å²) in [5.74, 6) is 0. The maximum absolute atomic E-state index is 13.2. The maximum Gasteiger partial charge on any atom is 0.409 e. The molecular formula is C38H38N4O3. The van der Waals surface area contributed by atoms with Gasteiger partial charge >= 0.3 is 11.8 Å². The number of likely N-dealkylation sites (tertiary alicyclic amines) is 1. The van der Waals surface area contributed by atoms with E-state index in [4.69, 9.17) is 4.74 Å². The molecule has 5 aromatic carbocycles. The van der Waals surface area contributed by atoms with Gasteiger partial charge in [0.1, 0.15) is 6.61 Å². The zero-order chi connectivity index (χ0) is 30.8. The summed E-state index contributed by atoms with van der Waals surface area (Å²) >= 11 is 0. The van der Waals surface area contributed by atoms with E-state index < -0.39 is 0 Å². The van der Waals surface area contributed by atoms with Gasteiger partial charge in [-0.15, -0.1) is 0 Å². The summed E-state index contributed by atoms with van der Waals surface area (Å²) in [5, 5.41) is 4.98. The molecule has 7 heteroatoms. The van der Waals surface area contributed by atoms with Crippen molar-refractivity contribution in [3.63, 3.8) is 0 Å². The van der Waals surface area contributed by atoms with Crippen molar-refractivity contribution in [2.24, 2.45) is 0 Å². The molecule has 1 aliphatic heterocycles. The number of aromatic amines is 1. The summed E-state index contributed by atoms with van der Waals surface area (Å²) in [6.07, 6.45) is 1.13. The average molecular weight is 599 g/mol. The van der Waals surface area contributed by atoms with Crippen LogP contribution in [0.3, 0.4) is 0 Å². The summed E-state index contributed by atoms with van der Waals surface area (Å²) in [4.78, 5) is 33.1. The first-order valence-corrected chi connectivity index (χ1v) is 15.8. The van der Waals surface area contributed by atoms with Crippen LogP contribution < -0.4 is 5.69 Å². The van der Waals surface area contributed by atoms with Crippen LogP contribution in [0, 0.1) is 0 Å². The number of imidazole rings is 1. The fourth-order valence-electron chi connectivity index (χ4n) is 6.80. The van der Waals surface area contributed by atoms with Crippen molar-refractivity contribution in [2.75, 3.05) is 19.7 Å². The molecule has 1 fully saturated rings. The molecule has 45 heavy (non-hydrogen) atoms. The number of nitrogens with zero attached hydrogens (tertiary/aromatic N) is 3. The van der Waals surface area contributed by atoms with Crippen molar-refractivity contribution < 1.29 is 9.53 Å². The minimum absolute atomic E-state index is 0.0123. The summed E-state index contributed by atoms with van der Waals surface area (Å²) in [7, 11) is 0. The molecule has 7 rings (SSSR count). The van der Waals surface area contributed by atoms with Crippen molar-refractivity contribution in [1.82, 2.24) is 19.4 Å². The molecule has 1 amide bonds. The van der Waals surface area contributed by atoms with Gasteiger partial charge in [0, 0.05) is 38.3 Å². The quantitative estimate of drug-likeness (QED) is 0.184. The van der Waals surface area contributed by atoms with Crippen molar-refractivity contribution in [3.05, 3.63) is 131 Å². The molecule has 0 radical (unpaired) electrons. The number of rotatable bonds is 8. The smallest absolute Gasteiger partial charge is 0.409 e. The van der Waals surface area contributed by atoms with E-state index in [2.05, 4.69) is 95.7 Å². The highest BCUT2D eigenvalue weighted by Crippen LogP contribution is 2.30. The number of carbonyl (C=O) groups is 1. The first-order chi connectivity index (χ1) is 22.0. The number of benzene rings is 5. The molecule has 0 bridgehead atoms. The Hall–Kier alpha value is -4.88. The monoisotopic (exact) mass is 598 g/mol. The van der Waals surface area contributed by atoms with Gasteiger partial charge in [-0.05, 0) is 70.6 Å². The number of amides is 1. The highest BCUT2D eigenvalue weighted by molar-refractivity contribution is 6.08. The molecule has 1 atom stereocenters. The Morgan fingerprint density at radius 3 is 2.31 bits per heavy atom. The highest BCUT2D eigenvalue weighted by atomic mass is 16.6. The standard InChI is InChI=1S/C38H38N4O3/c1-27(26-45-38(44)40-21-19-31(20-22-40)42-36-18-10-9-17-35(36)39-37(42)43)41(24-28-11-3-2-4-12-28)25-30-23-29-13-5-6-14-32(29)34-16-8-7-15-33(30)34/h2-18,23,27,31H,19-22,24-26H2,1H3,(H,39,43). The first-order valence-electron chi connectivity index (χ1n) is 15.8. The van der Waals surface area contributed by atoms with Gasteiger partial charge in [0.05, 0.1) is 11.0 Å². The van der Waals surface area contributed by atoms with Gasteiger partial charge in [0.2, 0.25) is 0 Å². The minimum atomic E-state index is -0.289. The minimum Gasteiger partial charge on any atom is -0.448 e. The zero-order valence-electron chi connectivity index (χ0n) is 25.6. The predicted molar refractivity (Wildman–Crippen MR) is 180 cm³/mol. The number of carbonyl (C=O) groups excluding carboxylic acids is 1. The van der Waals surface area contributed by atoms with Crippen LogP contribution in [0.4, 0.5) is 4.79 Å². The number of ether oxygens (including phenoxy) is 1. The predicted octanol–water partition coefficient (Wildman–Crippen LogP) is 7.50. The Balaban J connectivity index is 1.05.